The highest BCUT2D eigenvalue weighted by molar-refractivity contribution is 7.26. The van der Waals surface area contributed by atoms with Crippen LogP contribution in [0.4, 0.5) is 17.1 Å². The third-order valence-corrected chi connectivity index (χ3v) is 9.65. The Kier molecular flexibility index (Phi) is 3.85. The molecular formula is C46H29NOS. The van der Waals surface area contributed by atoms with Gasteiger partial charge in [0.05, 0.1) is 31.6 Å². The number of fused-ring (bicyclic) bond motifs is 8. The van der Waals surface area contributed by atoms with Gasteiger partial charge in [0.2, 0.25) is 0 Å². The first-order chi connectivity index (χ1) is 30.6. The van der Waals surface area contributed by atoms with E-state index in [-0.39, 0.29) is 42.7 Å². The number of hydrogen-bond acceptors (Lipinski definition) is 3. The van der Waals surface area contributed by atoms with Gasteiger partial charge in [-0.05, 0) is 76.1 Å². The van der Waals surface area contributed by atoms with Crippen molar-refractivity contribution in [1.29, 1.82) is 0 Å². The van der Waals surface area contributed by atoms with Crippen LogP contribution in [0, 0.1) is 0 Å². The zero-order valence-corrected chi connectivity index (χ0v) is 26.2. The predicted octanol–water partition coefficient (Wildman–Crippen LogP) is 13.9. The van der Waals surface area contributed by atoms with Crippen molar-refractivity contribution in [2.45, 2.75) is 0 Å². The second-order valence-electron chi connectivity index (χ2n) is 11.3. The van der Waals surface area contributed by atoms with E-state index in [9.17, 15) is 11.0 Å². The topological polar surface area (TPSA) is 16.4 Å². The van der Waals surface area contributed by atoms with E-state index in [1.54, 1.807) is 48.5 Å². The van der Waals surface area contributed by atoms with Crippen LogP contribution < -0.4 is 4.90 Å². The Morgan fingerprint density at radius 1 is 0.510 bits per heavy atom. The Labute approximate surface area is 308 Å². The van der Waals surface area contributed by atoms with Crippen LogP contribution >= 0.6 is 11.3 Å². The van der Waals surface area contributed by atoms with Gasteiger partial charge in [0.25, 0.3) is 0 Å². The summed E-state index contributed by atoms with van der Waals surface area (Å²) in [6.07, 6.45) is 0. The van der Waals surface area contributed by atoms with E-state index in [1.165, 1.54) is 4.90 Å². The summed E-state index contributed by atoms with van der Waals surface area (Å²) in [7, 11) is 0. The summed E-state index contributed by atoms with van der Waals surface area (Å²) >= 11 is 0.793. The van der Waals surface area contributed by atoms with E-state index in [1.807, 2.05) is 36.4 Å². The van der Waals surface area contributed by atoms with Crippen molar-refractivity contribution >= 4 is 81.3 Å². The van der Waals surface area contributed by atoms with Crippen molar-refractivity contribution < 1.29 is 25.0 Å². The molecule has 8 aromatic carbocycles. The SMILES string of the molecule is [2H]c1c([2H])c(N(c2c([2H])c([2H])c(-c3c([2H])c([2H])c([2H])c4c3sc3c([2H])c([2H])c([2H])c([2H])c34)c([2H])c2[2H])c2cccc3oc4c5ccccc5ccc4c23)c([2H])c([2H])c1-c1ccccc1. The van der Waals surface area contributed by atoms with Crippen molar-refractivity contribution in [2.24, 2.45) is 0 Å². The standard InChI is InChI=1S/C46H29NOS/c1-2-10-30(11-3-1)31-20-25-34(26-21-31)47(41-17-9-18-42-44(41)40-29-24-32-12-4-5-13-36(32)45(40)48-42)35-27-22-33(23-28-35)37-15-8-16-39-38-14-6-7-19-43(38)49-46(37)39/h1-29H/i6D,7D,8D,14D,15D,16D,19D,20D,21D,22D,23D,25D,26D,27D,28D. The molecule has 0 aliphatic heterocycles. The van der Waals surface area contributed by atoms with Gasteiger partial charge < -0.3 is 9.32 Å². The Morgan fingerprint density at radius 3 is 2.08 bits per heavy atom. The molecule has 0 aliphatic rings. The molecule has 0 amide bonds. The van der Waals surface area contributed by atoms with Crippen molar-refractivity contribution in [3.63, 3.8) is 0 Å². The van der Waals surface area contributed by atoms with Gasteiger partial charge in [0, 0.05) is 42.3 Å². The molecule has 230 valence electrons. The molecule has 0 saturated heterocycles. The highest BCUT2D eigenvalue weighted by Crippen LogP contribution is 2.45. The van der Waals surface area contributed by atoms with Crippen LogP contribution in [-0.4, -0.2) is 0 Å². The predicted molar refractivity (Wildman–Crippen MR) is 210 cm³/mol. The lowest BCUT2D eigenvalue weighted by Crippen LogP contribution is -2.10. The molecule has 2 nitrogen and oxygen atoms in total. The van der Waals surface area contributed by atoms with E-state index in [4.69, 9.17) is 14.0 Å². The van der Waals surface area contributed by atoms with Gasteiger partial charge in [-0.15, -0.1) is 11.3 Å². The van der Waals surface area contributed by atoms with Crippen molar-refractivity contribution in [3.05, 3.63) is 176 Å². The lowest BCUT2D eigenvalue weighted by Gasteiger charge is -2.26. The average Bonchev–Trinajstić information content (AvgIpc) is 3.89. The fraction of sp³-hybridized carbons (Fsp3) is 0. The Bertz CT molecular complexity index is 3640. The van der Waals surface area contributed by atoms with Crippen LogP contribution in [-0.2, 0) is 0 Å². The number of furan rings is 1. The summed E-state index contributed by atoms with van der Waals surface area (Å²) in [5.41, 5.74) is -0.153. The van der Waals surface area contributed by atoms with Crippen LogP contribution in [0.2, 0.25) is 0 Å². The maximum Gasteiger partial charge on any atom is 0.143 e. The van der Waals surface area contributed by atoms with Gasteiger partial charge in [-0.3, -0.25) is 0 Å². The summed E-state index contributed by atoms with van der Waals surface area (Å²) < 4.78 is 143. The molecule has 2 aromatic heterocycles. The van der Waals surface area contributed by atoms with Gasteiger partial charge in [-0.1, -0.05) is 127 Å². The van der Waals surface area contributed by atoms with Crippen LogP contribution in [0.15, 0.2) is 180 Å². The minimum Gasteiger partial charge on any atom is -0.455 e. The second kappa shape index (κ2) is 11.2. The van der Waals surface area contributed by atoms with Gasteiger partial charge in [0.1, 0.15) is 11.2 Å². The van der Waals surface area contributed by atoms with Crippen LogP contribution in [0.1, 0.15) is 20.6 Å². The molecule has 10 rings (SSSR count). The zero-order valence-electron chi connectivity index (χ0n) is 40.3. The van der Waals surface area contributed by atoms with E-state index >= 15 is 0 Å². The zero-order chi connectivity index (χ0) is 45.4. The Balaban J connectivity index is 1.33. The fourth-order valence-corrected chi connectivity index (χ4v) is 7.36. The number of benzene rings is 8. The molecule has 0 spiro atoms. The van der Waals surface area contributed by atoms with Gasteiger partial charge in [0.15, 0.2) is 0 Å². The number of anilines is 3. The summed E-state index contributed by atoms with van der Waals surface area (Å²) in [6, 6.07) is 16.1. The quantitative estimate of drug-likeness (QED) is 0.183. The van der Waals surface area contributed by atoms with E-state index < -0.39 is 102 Å². The number of hydrogen-bond donors (Lipinski definition) is 0. The van der Waals surface area contributed by atoms with Crippen LogP contribution in [0.5, 0.6) is 0 Å². The van der Waals surface area contributed by atoms with Crippen LogP contribution in [0.25, 0.3) is 75.1 Å². The van der Waals surface area contributed by atoms with Crippen LogP contribution in [0.3, 0.4) is 0 Å². The largest absolute Gasteiger partial charge is 0.455 e. The molecule has 2 heterocycles. The number of nitrogens with zero attached hydrogens (tertiary/aromatic N) is 1. The highest BCUT2D eigenvalue weighted by Gasteiger charge is 2.21. The van der Waals surface area contributed by atoms with E-state index in [0.29, 0.717) is 27.5 Å². The molecule has 0 aliphatic carbocycles. The fourth-order valence-electron chi connectivity index (χ4n) is 6.29. The molecule has 49 heavy (non-hydrogen) atoms. The summed E-state index contributed by atoms with van der Waals surface area (Å²) in [5.74, 6) is 0. The molecule has 0 N–H and O–H groups in total. The molecule has 0 unspecified atom stereocenters. The molecule has 0 fully saturated rings. The molecule has 0 radical (unpaired) electrons. The van der Waals surface area contributed by atoms with E-state index in [0.717, 1.165) is 22.1 Å². The van der Waals surface area contributed by atoms with Gasteiger partial charge >= 0.3 is 0 Å². The molecular weight excluding hydrogens is 615 g/mol. The van der Waals surface area contributed by atoms with Gasteiger partial charge in [-0.25, -0.2) is 0 Å². The smallest absolute Gasteiger partial charge is 0.143 e. The normalized spacial score (nSPS) is 16.0. The first-order valence-electron chi connectivity index (χ1n) is 22.9. The molecule has 0 bridgehead atoms. The summed E-state index contributed by atoms with van der Waals surface area (Å²) in [5, 5.41) is 2.48. The lowest BCUT2D eigenvalue weighted by molar-refractivity contribution is 0.672. The molecule has 10 aromatic rings. The minimum atomic E-state index is -0.713. The maximum absolute atomic E-state index is 9.70. The van der Waals surface area contributed by atoms with Crippen molar-refractivity contribution in [2.75, 3.05) is 4.90 Å². The lowest BCUT2D eigenvalue weighted by atomic mass is 10.0. The van der Waals surface area contributed by atoms with Crippen molar-refractivity contribution in [3.8, 4) is 22.3 Å². The second-order valence-corrected chi connectivity index (χ2v) is 12.3. The molecule has 3 heteroatoms. The average molecular weight is 659 g/mol. The molecule has 0 atom stereocenters. The Morgan fingerprint density at radius 2 is 1.24 bits per heavy atom. The maximum atomic E-state index is 9.70. The van der Waals surface area contributed by atoms with Crippen molar-refractivity contribution in [1.82, 2.24) is 0 Å². The summed E-state index contributed by atoms with van der Waals surface area (Å²) in [6.45, 7) is 0. The third kappa shape index (κ3) is 4.55. The van der Waals surface area contributed by atoms with Gasteiger partial charge in [-0.2, -0.15) is 0 Å². The third-order valence-electron chi connectivity index (χ3n) is 8.53. The number of thiophene rings is 1. The first-order valence-corrected chi connectivity index (χ1v) is 16.2. The van der Waals surface area contributed by atoms with E-state index in [2.05, 4.69) is 0 Å². The minimum absolute atomic E-state index is 0.00338. The molecule has 0 saturated carbocycles. The monoisotopic (exact) mass is 658 g/mol. The number of rotatable bonds is 5. The summed E-state index contributed by atoms with van der Waals surface area (Å²) in [4.78, 5) is 1.19. The Hall–Kier alpha value is -6.16. The first kappa shape index (κ1) is 16.8. The highest BCUT2D eigenvalue weighted by atomic mass is 32.1.